The number of thioether (sulfide) groups is 1. The molecule has 1 aromatic rings. The Hall–Kier alpha value is -2.12. The van der Waals surface area contributed by atoms with Crippen LogP contribution in [0.15, 0.2) is 46.1 Å². The van der Waals surface area contributed by atoms with Crippen molar-refractivity contribution in [3.8, 4) is 0 Å². The van der Waals surface area contributed by atoms with Crippen LogP contribution in [0, 0.1) is 5.41 Å². The van der Waals surface area contributed by atoms with E-state index in [0.717, 1.165) is 18.6 Å². The van der Waals surface area contributed by atoms with Crippen LogP contribution in [0.3, 0.4) is 0 Å². The van der Waals surface area contributed by atoms with Gasteiger partial charge in [0.05, 0.1) is 5.71 Å². The molecule has 1 atom stereocenters. The monoisotopic (exact) mass is 418 g/mol. The number of hydrogen-bond acceptors (Lipinski definition) is 5. The molecule has 8 heteroatoms. The van der Waals surface area contributed by atoms with E-state index in [-0.39, 0.29) is 23.7 Å². The molecule has 1 fully saturated rings. The number of halogens is 1. The molecule has 0 radical (unpaired) electrons. The second kappa shape index (κ2) is 8.49. The SMILES string of the molecule is CC1=CC(=N/N=C2\NC(=O)C(CC(=O)Nc3ccc(Cl)cc3)S2)CC(C)(C)C1. The number of benzene rings is 1. The van der Waals surface area contributed by atoms with Crippen LogP contribution in [0.5, 0.6) is 0 Å². The second-order valence-corrected chi connectivity index (χ2v) is 9.49. The predicted octanol–water partition coefficient (Wildman–Crippen LogP) is 4.38. The first-order valence-corrected chi connectivity index (χ1v) is 10.3. The molecule has 1 heterocycles. The number of amidine groups is 1. The standard InChI is InChI=1S/C20H23ClN4O2S/c1-12-8-15(11-20(2,3)10-12)24-25-19-23-18(27)16(28-19)9-17(26)22-14-6-4-13(21)5-7-14/h4-8,16H,9-11H2,1-3H3,(H,22,26)(H,23,25,27). The number of rotatable bonds is 4. The summed E-state index contributed by atoms with van der Waals surface area (Å²) in [7, 11) is 0. The molecule has 0 aromatic heterocycles. The fourth-order valence-electron chi connectivity index (χ4n) is 3.37. The first-order chi connectivity index (χ1) is 13.2. The zero-order valence-electron chi connectivity index (χ0n) is 16.1. The first-order valence-electron chi connectivity index (χ1n) is 9.05. The van der Waals surface area contributed by atoms with E-state index in [9.17, 15) is 9.59 Å². The van der Waals surface area contributed by atoms with Gasteiger partial charge in [0, 0.05) is 17.1 Å². The van der Waals surface area contributed by atoms with Gasteiger partial charge in [0.2, 0.25) is 11.8 Å². The summed E-state index contributed by atoms with van der Waals surface area (Å²) in [5, 5.41) is 14.5. The van der Waals surface area contributed by atoms with E-state index in [4.69, 9.17) is 11.6 Å². The van der Waals surface area contributed by atoms with E-state index in [1.165, 1.54) is 17.3 Å². The van der Waals surface area contributed by atoms with Gasteiger partial charge in [-0.15, -0.1) is 5.10 Å². The average molecular weight is 419 g/mol. The highest BCUT2D eigenvalue weighted by Gasteiger charge is 2.32. The molecule has 148 valence electrons. The predicted molar refractivity (Wildman–Crippen MR) is 116 cm³/mol. The Bertz CT molecular complexity index is 875. The van der Waals surface area contributed by atoms with E-state index in [1.54, 1.807) is 24.3 Å². The third kappa shape index (κ3) is 5.69. The Morgan fingerprint density at radius 3 is 2.68 bits per heavy atom. The van der Waals surface area contributed by atoms with Gasteiger partial charge in [0.15, 0.2) is 5.17 Å². The Kier molecular flexibility index (Phi) is 6.25. The Balaban J connectivity index is 1.59. The summed E-state index contributed by atoms with van der Waals surface area (Å²) in [6.45, 7) is 6.49. The fourth-order valence-corrected chi connectivity index (χ4v) is 4.41. The van der Waals surface area contributed by atoms with Gasteiger partial charge < -0.3 is 10.6 Å². The molecule has 1 aliphatic heterocycles. The van der Waals surface area contributed by atoms with Gasteiger partial charge in [-0.25, -0.2) is 0 Å². The molecule has 2 N–H and O–H groups in total. The minimum absolute atomic E-state index is 0.0563. The lowest BCUT2D eigenvalue weighted by Gasteiger charge is -2.28. The van der Waals surface area contributed by atoms with Crippen molar-refractivity contribution < 1.29 is 9.59 Å². The van der Waals surface area contributed by atoms with Crippen LogP contribution >= 0.6 is 23.4 Å². The topological polar surface area (TPSA) is 82.9 Å². The Morgan fingerprint density at radius 1 is 1.29 bits per heavy atom. The lowest BCUT2D eigenvalue weighted by atomic mass is 9.77. The minimum atomic E-state index is -0.522. The molecule has 0 saturated carbocycles. The van der Waals surface area contributed by atoms with Crippen LogP contribution in [-0.4, -0.2) is 27.9 Å². The quantitative estimate of drug-likeness (QED) is 0.712. The molecule has 1 aliphatic carbocycles. The third-order valence-electron chi connectivity index (χ3n) is 4.37. The van der Waals surface area contributed by atoms with E-state index < -0.39 is 5.25 Å². The number of hydrogen-bond donors (Lipinski definition) is 2. The van der Waals surface area contributed by atoms with Crippen molar-refractivity contribution in [2.45, 2.75) is 45.3 Å². The van der Waals surface area contributed by atoms with E-state index in [1.807, 2.05) is 6.08 Å². The number of allylic oxidation sites excluding steroid dienone is 2. The maximum atomic E-state index is 12.2. The number of nitrogens with one attached hydrogen (secondary N) is 2. The number of carbonyl (C=O) groups is 2. The van der Waals surface area contributed by atoms with Crippen LogP contribution in [0.1, 0.15) is 40.0 Å². The van der Waals surface area contributed by atoms with Crippen molar-refractivity contribution in [2.24, 2.45) is 15.6 Å². The van der Waals surface area contributed by atoms with Crippen molar-refractivity contribution in [1.29, 1.82) is 0 Å². The molecule has 0 bridgehead atoms. The highest BCUT2D eigenvalue weighted by Crippen LogP contribution is 2.34. The van der Waals surface area contributed by atoms with Crippen molar-refractivity contribution >= 4 is 51.7 Å². The minimum Gasteiger partial charge on any atom is -0.326 e. The Labute approximate surface area is 173 Å². The maximum Gasteiger partial charge on any atom is 0.240 e. The van der Waals surface area contributed by atoms with Crippen LogP contribution in [0.2, 0.25) is 5.02 Å². The van der Waals surface area contributed by atoms with E-state index in [0.29, 0.717) is 15.9 Å². The highest BCUT2D eigenvalue weighted by atomic mass is 35.5. The van der Waals surface area contributed by atoms with Crippen LogP contribution in [0.4, 0.5) is 5.69 Å². The zero-order chi connectivity index (χ0) is 20.3. The smallest absolute Gasteiger partial charge is 0.240 e. The van der Waals surface area contributed by atoms with Gasteiger partial charge in [-0.2, -0.15) is 5.10 Å². The molecule has 1 unspecified atom stereocenters. The van der Waals surface area contributed by atoms with E-state index in [2.05, 4.69) is 41.6 Å². The number of carbonyl (C=O) groups excluding carboxylic acids is 2. The molecular weight excluding hydrogens is 396 g/mol. The van der Waals surface area contributed by atoms with Gasteiger partial charge in [0.25, 0.3) is 0 Å². The number of anilines is 1. The molecule has 2 amide bonds. The molecule has 0 spiro atoms. The van der Waals surface area contributed by atoms with Crippen molar-refractivity contribution in [3.63, 3.8) is 0 Å². The average Bonchev–Trinajstić information content (AvgIpc) is 2.93. The normalized spacial score (nSPS) is 24.2. The van der Waals surface area contributed by atoms with E-state index >= 15 is 0 Å². The van der Waals surface area contributed by atoms with Crippen LogP contribution in [0.25, 0.3) is 0 Å². The van der Waals surface area contributed by atoms with Crippen molar-refractivity contribution in [3.05, 3.63) is 40.9 Å². The maximum absolute atomic E-state index is 12.2. The summed E-state index contributed by atoms with van der Waals surface area (Å²) in [6.07, 6.45) is 3.99. The van der Waals surface area contributed by atoms with Gasteiger partial charge in [-0.1, -0.05) is 42.8 Å². The first kappa shape index (κ1) is 20.6. The molecule has 1 saturated heterocycles. The Morgan fingerprint density at radius 2 is 2.00 bits per heavy atom. The number of nitrogens with zero attached hydrogens (tertiary/aromatic N) is 2. The molecule has 1 aromatic carbocycles. The summed E-state index contributed by atoms with van der Waals surface area (Å²) in [6, 6.07) is 6.82. The highest BCUT2D eigenvalue weighted by molar-refractivity contribution is 8.15. The van der Waals surface area contributed by atoms with Crippen molar-refractivity contribution in [1.82, 2.24) is 5.32 Å². The van der Waals surface area contributed by atoms with Gasteiger partial charge in [-0.05, 0) is 55.5 Å². The molecule has 6 nitrogen and oxygen atoms in total. The largest absolute Gasteiger partial charge is 0.326 e. The lowest BCUT2D eigenvalue weighted by Crippen LogP contribution is -2.28. The lowest BCUT2D eigenvalue weighted by molar-refractivity contribution is -0.122. The summed E-state index contributed by atoms with van der Waals surface area (Å²) < 4.78 is 0. The molecule has 28 heavy (non-hydrogen) atoms. The second-order valence-electron chi connectivity index (χ2n) is 7.86. The van der Waals surface area contributed by atoms with Gasteiger partial charge in [0.1, 0.15) is 5.25 Å². The van der Waals surface area contributed by atoms with Gasteiger partial charge >= 0.3 is 0 Å². The van der Waals surface area contributed by atoms with Crippen LogP contribution < -0.4 is 10.6 Å². The van der Waals surface area contributed by atoms with Crippen LogP contribution in [-0.2, 0) is 9.59 Å². The summed E-state index contributed by atoms with van der Waals surface area (Å²) >= 11 is 7.06. The van der Waals surface area contributed by atoms with Gasteiger partial charge in [-0.3, -0.25) is 9.59 Å². The summed E-state index contributed by atoms with van der Waals surface area (Å²) in [5.41, 5.74) is 2.97. The summed E-state index contributed by atoms with van der Waals surface area (Å²) in [4.78, 5) is 24.4. The molecular formula is C20H23ClN4O2S. The third-order valence-corrected chi connectivity index (χ3v) is 5.70. The molecule has 2 aliphatic rings. The molecule has 3 rings (SSSR count). The number of amides is 2. The fraction of sp³-hybridized carbons (Fsp3) is 0.400. The summed E-state index contributed by atoms with van der Waals surface area (Å²) in [5.74, 6) is -0.471. The zero-order valence-corrected chi connectivity index (χ0v) is 17.7. The van der Waals surface area contributed by atoms with Crippen molar-refractivity contribution in [2.75, 3.05) is 5.32 Å².